The Bertz CT molecular complexity index is 1310. The van der Waals surface area contributed by atoms with E-state index in [-0.39, 0.29) is 17.5 Å². The number of pyridine rings is 1. The molecule has 32 heavy (non-hydrogen) atoms. The third kappa shape index (κ3) is 4.56. The monoisotopic (exact) mass is 431 g/mol. The average Bonchev–Trinajstić information content (AvgIpc) is 3.21. The van der Waals surface area contributed by atoms with Gasteiger partial charge in [0.2, 0.25) is 0 Å². The van der Waals surface area contributed by atoms with E-state index in [1.165, 1.54) is 6.07 Å². The summed E-state index contributed by atoms with van der Waals surface area (Å²) in [5, 5.41) is 10.8. The highest BCUT2D eigenvalue weighted by Crippen LogP contribution is 2.30. The smallest absolute Gasteiger partial charge is 0.419 e. The van der Waals surface area contributed by atoms with Crippen molar-refractivity contribution in [2.75, 3.05) is 5.32 Å². The van der Waals surface area contributed by atoms with Gasteiger partial charge in [-0.25, -0.2) is 9.78 Å². The van der Waals surface area contributed by atoms with Gasteiger partial charge in [-0.05, 0) is 51.1 Å². The summed E-state index contributed by atoms with van der Waals surface area (Å²) in [7, 11) is 0. The fourth-order valence-electron chi connectivity index (χ4n) is 3.07. The molecule has 4 aromatic rings. The first-order chi connectivity index (χ1) is 15.4. The number of para-hydroxylation sites is 1. The van der Waals surface area contributed by atoms with Crippen LogP contribution in [0.1, 0.15) is 25.6 Å². The van der Waals surface area contributed by atoms with Gasteiger partial charge < -0.3 is 13.7 Å². The first-order valence-corrected chi connectivity index (χ1v) is 9.98. The molecule has 3 aromatic heterocycles. The van der Waals surface area contributed by atoms with E-state index in [1.54, 1.807) is 53.2 Å². The molecule has 0 atom stereocenters. The number of carbonyl (C=O) groups excluding carboxylic acids is 1. The van der Waals surface area contributed by atoms with Crippen LogP contribution in [0.5, 0.6) is 5.75 Å². The third-order valence-corrected chi connectivity index (χ3v) is 4.60. The normalized spacial score (nSPS) is 10.9. The molecule has 0 bridgehead atoms. The summed E-state index contributed by atoms with van der Waals surface area (Å²) >= 11 is 0. The number of carbonyl (C=O) groups is 1. The standard InChI is InChI=1S/C23H21N5O4/c1-14(2)28-13-16(10-12-19(28)29)20-21(18-11-9-15(3)31-18)24-22(27-26-20)25-23(30)32-17-7-5-4-6-8-17/h4-14H,1-3H3,(H,24,25,27,30). The highest BCUT2D eigenvalue weighted by atomic mass is 16.6. The Labute approximate surface area is 183 Å². The summed E-state index contributed by atoms with van der Waals surface area (Å²) in [5.41, 5.74) is 1.30. The minimum atomic E-state index is -0.749. The Kier molecular flexibility index (Phi) is 5.80. The van der Waals surface area contributed by atoms with Crippen LogP contribution in [0, 0.1) is 6.92 Å². The predicted octanol–water partition coefficient (Wildman–Crippen LogP) is 4.46. The van der Waals surface area contributed by atoms with Crippen molar-refractivity contribution in [3.63, 3.8) is 0 Å². The van der Waals surface area contributed by atoms with Crippen LogP contribution < -0.4 is 15.6 Å². The van der Waals surface area contributed by atoms with Crippen LogP contribution in [0.3, 0.4) is 0 Å². The zero-order valence-corrected chi connectivity index (χ0v) is 17.8. The largest absolute Gasteiger partial charge is 0.460 e. The molecule has 9 nitrogen and oxygen atoms in total. The van der Waals surface area contributed by atoms with Crippen LogP contribution in [0.15, 0.2) is 70.0 Å². The maximum absolute atomic E-state index is 12.2. The van der Waals surface area contributed by atoms with Gasteiger partial charge in [0.05, 0.1) is 0 Å². The fourth-order valence-corrected chi connectivity index (χ4v) is 3.07. The van der Waals surface area contributed by atoms with Gasteiger partial charge in [0.1, 0.15) is 22.9 Å². The van der Waals surface area contributed by atoms with Crippen LogP contribution in [-0.2, 0) is 0 Å². The van der Waals surface area contributed by atoms with Crippen LogP contribution in [0.4, 0.5) is 10.7 Å². The van der Waals surface area contributed by atoms with E-state index in [9.17, 15) is 9.59 Å². The van der Waals surface area contributed by atoms with E-state index in [0.29, 0.717) is 34.2 Å². The average molecular weight is 431 g/mol. The molecule has 0 fully saturated rings. The summed E-state index contributed by atoms with van der Waals surface area (Å²) in [5.74, 6) is 1.48. The summed E-state index contributed by atoms with van der Waals surface area (Å²) in [4.78, 5) is 28.8. The first kappa shape index (κ1) is 21.0. The lowest BCUT2D eigenvalue weighted by atomic mass is 10.1. The molecule has 1 amide bonds. The van der Waals surface area contributed by atoms with E-state index in [1.807, 2.05) is 26.8 Å². The Balaban J connectivity index is 1.71. The number of furan rings is 1. The predicted molar refractivity (Wildman–Crippen MR) is 118 cm³/mol. The van der Waals surface area contributed by atoms with Gasteiger partial charge in [0.15, 0.2) is 5.76 Å². The minimum Gasteiger partial charge on any atom is -0.460 e. The molecule has 0 unspecified atom stereocenters. The molecule has 0 aliphatic carbocycles. The molecule has 1 aromatic carbocycles. The van der Waals surface area contributed by atoms with Crippen LogP contribution in [-0.4, -0.2) is 25.8 Å². The molecule has 0 saturated carbocycles. The number of ether oxygens (including phenoxy) is 1. The zero-order valence-electron chi connectivity index (χ0n) is 17.8. The van der Waals surface area contributed by atoms with E-state index >= 15 is 0 Å². The van der Waals surface area contributed by atoms with Gasteiger partial charge in [0, 0.05) is 23.9 Å². The van der Waals surface area contributed by atoms with Crippen molar-refractivity contribution < 1.29 is 13.9 Å². The highest BCUT2D eigenvalue weighted by molar-refractivity contribution is 5.85. The second-order valence-corrected chi connectivity index (χ2v) is 7.33. The number of nitrogens with zero attached hydrogens (tertiary/aromatic N) is 4. The zero-order chi connectivity index (χ0) is 22.7. The number of amides is 1. The number of rotatable bonds is 5. The van der Waals surface area contributed by atoms with Crippen LogP contribution >= 0.6 is 0 Å². The van der Waals surface area contributed by atoms with Crippen molar-refractivity contribution in [1.82, 2.24) is 19.7 Å². The van der Waals surface area contributed by atoms with Gasteiger partial charge in [-0.15, -0.1) is 10.2 Å². The molecular weight excluding hydrogens is 410 g/mol. The summed E-state index contributed by atoms with van der Waals surface area (Å²) < 4.78 is 12.6. The van der Waals surface area contributed by atoms with Crippen molar-refractivity contribution >= 4 is 12.0 Å². The number of nitrogens with one attached hydrogen (secondary N) is 1. The molecule has 1 N–H and O–H groups in total. The van der Waals surface area contributed by atoms with Gasteiger partial charge in [-0.2, -0.15) is 0 Å². The van der Waals surface area contributed by atoms with E-state index in [0.717, 1.165) is 0 Å². The number of benzene rings is 1. The number of aromatic nitrogens is 4. The van der Waals surface area contributed by atoms with Crippen molar-refractivity contribution in [3.05, 3.63) is 76.9 Å². The summed E-state index contributed by atoms with van der Waals surface area (Å²) in [6.07, 6.45) is 0.954. The van der Waals surface area contributed by atoms with Crippen LogP contribution in [0.2, 0.25) is 0 Å². The molecule has 0 saturated heterocycles. The van der Waals surface area contributed by atoms with Crippen LogP contribution in [0.25, 0.3) is 22.7 Å². The molecule has 9 heteroatoms. The molecule has 0 spiro atoms. The maximum Gasteiger partial charge on any atom is 0.419 e. The number of aryl methyl sites for hydroxylation is 1. The van der Waals surface area contributed by atoms with Crippen molar-refractivity contribution in [1.29, 1.82) is 0 Å². The molecular formula is C23H21N5O4. The molecule has 0 aliphatic heterocycles. The Morgan fingerprint density at radius 1 is 1.03 bits per heavy atom. The lowest BCUT2D eigenvalue weighted by Crippen LogP contribution is -2.21. The van der Waals surface area contributed by atoms with Gasteiger partial charge in [-0.3, -0.25) is 10.1 Å². The topological polar surface area (TPSA) is 112 Å². The summed E-state index contributed by atoms with van der Waals surface area (Å²) in [6, 6.07) is 15.3. The minimum absolute atomic E-state index is 0.0358. The van der Waals surface area contributed by atoms with Crippen molar-refractivity contribution in [2.45, 2.75) is 26.8 Å². The molecule has 0 radical (unpaired) electrons. The first-order valence-electron chi connectivity index (χ1n) is 9.98. The van der Waals surface area contributed by atoms with Crippen molar-refractivity contribution in [2.24, 2.45) is 0 Å². The fraction of sp³-hybridized carbons (Fsp3) is 0.174. The third-order valence-electron chi connectivity index (χ3n) is 4.60. The van der Waals surface area contributed by atoms with Gasteiger partial charge in [-0.1, -0.05) is 18.2 Å². The Morgan fingerprint density at radius 2 is 1.81 bits per heavy atom. The molecule has 0 aliphatic rings. The second kappa shape index (κ2) is 8.84. The highest BCUT2D eigenvalue weighted by Gasteiger charge is 2.19. The Morgan fingerprint density at radius 3 is 2.50 bits per heavy atom. The SMILES string of the molecule is Cc1ccc(-c2nc(NC(=O)Oc3ccccc3)nnc2-c2ccc(=O)n(C(C)C)c2)o1. The Hall–Kier alpha value is -4.27. The quantitative estimate of drug-likeness (QED) is 0.496. The summed E-state index contributed by atoms with van der Waals surface area (Å²) in [6.45, 7) is 5.64. The lowest BCUT2D eigenvalue weighted by molar-refractivity contribution is 0.215. The lowest BCUT2D eigenvalue weighted by Gasteiger charge is -2.13. The van der Waals surface area contributed by atoms with Gasteiger partial charge in [0.25, 0.3) is 11.5 Å². The maximum atomic E-state index is 12.2. The molecule has 3 heterocycles. The van der Waals surface area contributed by atoms with E-state index in [2.05, 4.69) is 20.5 Å². The number of hydrogen-bond acceptors (Lipinski definition) is 7. The van der Waals surface area contributed by atoms with E-state index < -0.39 is 6.09 Å². The number of anilines is 1. The van der Waals surface area contributed by atoms with Crippen molar-refractivity contribution in [3.8, 4) is 28.5 Å². The molecule has 162 valence electrons. The number of hydrogen-bond donors (Lipinski definition) is 1. The van der Waals surface area contributed by atoms with E-state index in [4.69, 9.17) is 9.15 Å². The van der Waals surface area contributed by atoms with Gasteiger partial charge >= 0.3 is 6.09 Å². The second-order valence-electron chi connectivity index (χ2n) is 7.33. The molecule has 4 rings (SSSR count).